The largest absolute Gasteiger partial charge is 0.481 e. The lowest BCUT2D eigenvalue weighted by molar-refractivity contribution is -0.145. The number of carboxylic acid groups (broad SMARTS) is 1. The lowest BCUT2D eigenvalue weighted by atomic mass is 10.0. The number of nitrogens with one attached hydrogen (secondary N) is 1. The number of hydrogen-bond acceptors (Lipinski definition) is 8. The maximum atomic E-state index is 12.6. The molecule has 0 bridgehead atoms. The average Bonchev–Trinajstić information content (AvgIpc) is 2.77. The van der Waals surface area contributed by atoms with E-state index in [1.165, 1.54) is 31.4 Å². The number of amides is 1. The third-order valence-corrected chi connectivity index (χ3v) is 4.20. The third kappa shape index (κ3) is 11.4. The SMILES string of the molecule is COCCOCOCC(CC(COCCOC)C(=O)O)NC(=O)c1ccc(C#N)cc1. The quantitative estimate of drug-likeness (QED) is 0.270. The Kier molecular flexibility index (Phi) is 13.8. The van der Waals surface area contributed by atoms with Gasteiger partial charge in [0.15, 0.2) is 0 Å². The van der Waals surface area contributed by atoms with E-state index in [-0.39, 0.29) is 33.0 Å². The molecule has 1 aromatic rings. The van der Waals surface area contributed by atoms with Crippen LogP contribution in [0.15, 0.2) is 24.3 Å². The molecule has 0 heterocycles. The third-order valence-electron chi connectivity index (χ3n) is 4.20. The molecule has 2 atom stereocenters. The van der Waals surface area contributed by atoms with E-state index < -0.39 is 23.8 Å². The molecule has 1 amide bonds. The number of nitriles is 1. The van der Waals surface area contributed by atoms with Crippen LogP contribution in [0.4, 0.5) is 0 Å². The topological polar surface area (TPSA) is 136 Å². The molecule has 2 N–H and O–H groups in total. The molecule has 0 radical (unpaired) electrons. The van der Waals surface area contributed by atoms with E-state index >= 15 is 0 Å². The zero-order valence-electron chi connectivity index (χ0n) is 17.9. The van der Waals surface area contributed by atoms with Crippen LogP contribution in [0.1, 0.15) is 22.3 Å². The van der Waals surface area contributed by atoms with E-state index in [4.69, 9.17) is 28.9 Å². The zero-order valence-corrected chi connectivity index (χ0v) is 17.9. The minimum Gasteiger partial charge on any atom is -0.481 e. The molecule has 31 heavy (non-hydrogen) atoms. The van der Waals surface area contributed by atoms with E-state index in [9.17, 15) is 14.7 Å². The summed E-state index contributed by atoms with van der Waals surface area (Å²) < 4.78 is 25.8. The van der Waals surface area contributed by atoms with E-state index in [2.05, 4.69) is 5.32 Å². The highest BCUT2D eigenvalue weighted by Crippen LogP contribution is 2.11. The van der Waals surface area contributed by atoms with E-state index in [1.807, 2.05) is 6.07 Å². The van der Waals surface area contributed by atoms with Gasteiger partial charge in [-0.1, -0.05) is 0 Å². The number of nitrogens with zero attached hydrogens (tertiary/aromatic N) is 1. The number of aliphatic carboxylic acids is 1. The summed E-state index contributed by atoms with van der Waals surface area (Å²) in [5.74, 6) is -2.28. The summed E-state index contributed by atoms with van der Waals surface area (Å²) in [5, 5.41) is 21.2. The normalized spacial score (nSPS) is 12.7. The molecule has 172 valence electrons. The highest BCUT2D eigenvalue weighted by Gasteiger charge is 2.25. The van der Waals surface area contributed by atoms with Crippen molar-refractivity contribution >= 4 is 11.9 Å². The Morgan fingerprint density at radius 3 is 2.23 bits per heavy atom. The Morgan fingerprint density at radius 1 is 1.00 bits per heavy atom. The van der Waals surface area contributed by atoms with Crippen LogP contribution in [0.5, 0.6) is 0 Å². The molecular weight excluding hydrogens is 408 g/mol. The van der Waals surface area contributed by atoms with Crippen molar-refractivity contribution in [2.45, 2.75) is 12.5 Å². The molecule has 0 aliphatic heterocycles. The number of carboxylic acids is 1. The van der Waals surface area contributed by atoms with Crippen LogP contribution in [-0.2, 0) is 28.5 Å². The standard InChI is InChI=1S/C21H30N2O8/c1-27-7-9-29-13-18(21(25)26)11-19(14-31-15-30-10-8-28-2)23-20(24)17-5-3-16(12-22)4-6-17/h3-6,18-19H,7-11,13-15H2,1-2H3,(H,23,24)(H,25,26). The van der Waals surface area contributed by atoms with Gasteiger partial charge in [-0.3, -0.25) is 9.59 Å². The number of carbonyl (C=O) groups is 2. The molecule has 0 fully saturated rings. The van der Waals surface area contributed by atoms with Crippen molar-refractivity contribution in [3.8, 4) is 6.07 Å². The Morgan fingerprint density at radius 2 is 1.65 bits per heavy atom. The number of rotatable bonds is 17. The average molecular weight is 438 g/mol. The number of ether oxygens (including phenoxy) is 5. The first-order valence-electron chi connectivity index (χ1n) is 9.76. The monoisotopic (exact) mass is 438 g/mol. The predicted molar refractivity (Wildman–Crippen MR) is 109 cm³/mol. The molecule has 0 aliphatic carbocycles. The second-order valence-corrected chi connectivity index (χ2v) is 6.59. The molecular formula is C21H30N2O8. The molecule has 0 aromatic heterocycles. The van der Waals surface area contributed by atoms with Crippen molar-refractivity contribution in [2.24, 2.45) is 5.92 Å². The van der Waals surface area contributed by atoms with Gasteiger partial charge in [0.05, 0.1) is 63.2 Å². The van der Waals surface area contributed by atoms with Crippen molar-refractivity contribution in [3.63, 3.8) is 0 Å². The maximum Gasteiger partial charge on any atom is 0.308 e. The Bertz CT molecular complexity index is 690. The number of hydrogen-bond donors (Lipinski definition) is 2. The second-order valence-electron chi connectivity index (χ2n) is 6.59. The van der Waals surface area contributed by atoms with Crippen LogP contribution < -0.4 is 5.32 Å². The Balaban J connectivity index is 2.71. The van der Waals surface area contributed by atoms with Crippen LogP contribution in [0.3, 0.4) is 0 Å². The minimum absolute atomic E-state index is 0.0192. The molecule has 1 aromatic carbocycles. The molecule has 0 saturated carbocycles. The van der Waals surface area contributed by atoms with Gasteiger partial charge >= 0.3 is 5.97 Å². The van der Waals surface area contributed by atoms with Gasteiger partial charge in [-0.25, -0.2) is 0 Å². The molecule has 0 spiro atoms. The second kappa shape index (κ2) is 16.2. The number of carbonyl (C=O) groups excluding carboxylic acids is 1. The first kappa shape index (κ1) is 26.5. The van der Waals surface area contributed by atoms with Gasteiger partial charge in [0.25, 0.3) is 5.91 Å². The van der Waals surface area contributed by atoms with Crippen LogP contribution in [-0.4, -0.2) is 83.7 Å². The van der Waals surface area contributed by atoms with Gasteiger partial charge < -0.3 is 34.1 Å². The first-order chi connectivity index (χ1) is 15.0. The maximum absolute atomic E-state index is 12.6. The van der Waals surface area contributed by atoms with Gasteiger partial charge in [-0.2, -0.15) is 5.26 Å². The molecule has 0 aliphatic rings. The van der Waals surface area contributed by atoms with E-state index in [0.29, 0.717) is 30.9 Å². The summed E-state index contributed by atoms with van der Waals surface area (Å²) in [6.45, 7) is 1.41. The smallest absolute Gasteiger partial charge is 0.308 e. The summed E-state index contributed by atoms with van der Waals surface area (Å²) in [4.78, 5) is 24.2. The summed E-state index contributed by atoms with van der Waals surface area (Å²) >= 11 is 0. The number of benzene rings is 1. The lowest BCUT2D eigenvalue weighted by Gasteiger charge is -2.22. The summed E-state index contributed by atoms with van der Waals surface area (Å²) in [6.07, 6.45) is 0.0996. The summed E-state index contributed by atoms with van der Waals surface area (Å²) in [7, 11) is 3.08. The predicted octanol–water partition coefficient (Wildman–Crippen LogP) is 1.05. The lowest BCUT2D eigenvalue weighted by Crippen LogP contribution is -2.41. The van der Waals surface area contributed by atoms with Crippen LogP contribution in [0.25, 0.3) is 0 Å². The Hall–Kier alpha value is -2.55. The summed E-state index contributed by atoms with van der Waals surface area (Å²) in [6, 6.07) is 7.52. The van der Waals surface area contributed by atoms with Crippen molar-refractivity contribution < 1.29 is 38.4 Å². The first-order valence-corrected chi connectivity index (χ1v) is 9.76. The zero-order chi connectivity index (χ0) is 22.9. The Labute approximate surface area is 182 Å². The van der Waals surface area contributed by atoms with E-state index in [1.54, 1.807) is 7.11 Å². The molecule has 10 nitrogen and oxygen atoms in total. The highest BCUT2D eigenvalue weighted by molar-refractivity contribution is 5.94. The number of methoxy groups -OCH3 is 2. The van der Waals surface area contributed by atoms with Crippen molar-refractivity contribution in [2.75, 3.05) is 60.7 Å². The molecule has 0 saturated heterocycles. The minimum atomic E-state index is -1.04. The van der Waals surface area contributed by atoms with Crippen LogP contribution >= 0.6 is 0 Å². The van der Waals surface area contributed by atoms with Crippen molar-refractivity contribution in [1.29, 1.82) is 5.26 Å². The van der Waals surface area contributed by atoms with Crippen LogP contribution in [0, 0.1) is 17.2 Å². The van der Waals surface area contributed by atoms with Gasteiger partial charge in [-0.15, -0.1) is 0 Å². The van der Waals surface area contributed by atoms with Gasteiger partial charge in [0.2, 0.25) is 0 Å². The molecule has 10 heteroatoms. The van der Waals surface area contributed by atoms with Crippen LogP contribution in [0.2, 0.25) is 0 Å². The van der Waals surface area contributed by atoms with Crippen molar-refractivity contribution in [1.82, 2.24) is 5.32 Å². The molecule has 2 unspecified atom stereocenters. The fraction of sp³-hybridized carbons (Fsp3) is 0.571. The fourth-order valence-corrected chi connectivity index (χ4v) is 2.54. The highest BCUT2D eigenvalue weighted by atomic mass is 16.7. The van der Waals surface area contributed by atoms with Crippen molar-refractivity contribution in [3.05, 3.63) is 35.4 Å². The van der Waals surface area contributed by atoms with Gasteiger partial charge in [0.1, 0.15) is 6.79 Å². The fourth-order valence-electron chi connectivity index (χ4n) is 2.54. The molecule has 1 rings (SSSR count). The summed E-state index contributed by atoms with van der Waals surface area (Å²) in [5.41, 5.74) is 0.785. The van der Waals surface area contributed by atoms with Gasteiger partial charge in [-0.05, 0) is 30.7 Å². The van der Waals surface area contributed by atoms with Gasteiger partial charge in [0, 0.05) is 19.8 Å². The van der Waals surface area contributed by atoms with E-state index in [0.717, 1.165) is 0 Å².